The summed E-state index contributed by atoms with van der Waals surface area (Å²) in [6, 6.07) is 17.4. The van der Waals surface area contributed by atoms with Crippen molar-refractivity contribution in [1.82, 2.24) is 14.7 Å². The molecule has 2 aliphatic rings. The Bertz CT molecular complexity index is 3550. The van der Waals surface area contributed by atoms with E-state index in [4.69, 9.17) is 34.2 Å². The first-order valence-electron chi connectivity index (χ1n) is 28.4. The number of halogens is 8. The van der Waals surface area contributed by atoms with Crippen LogP contribution in [0.5, 0.6) is 34.5 Å². The molecule has 2 aliphatic heterocycles. The SMILES string of the molecule is COc1cc(C(=O)CC[C@@](O)(c2cc3c(c(-c4ccc(F)cc4)n2)OC[C@@]3(C)N)C(F)(F)F)cc(OC)c1CCCO.COc1cc(C(=O)CC[C@@](O)(c2cc3c(c(-c4ccc(F)cc4)n2)OC[C@@]3(C)NS(=O)C(C)(C)C)C(F)(F)F)cc(OC)c1CCCO. The highest BCUT2D eigenvalue weighted by atomic mass is 32.2. The van der Waals surface area contributed by atoms with Gasteiger partial charge in [-0.05, 0) is 158 Å². The third-order valence-corrected chi connectivity index (χ3v) is 17.3. The molecular weight excluding hydrogens is 1220 g/mol. The number of ether oxygens (including phenoxy) is 6. The van der Waals surface area contributed by atoms with Crippen molar-refractivity contribution < 1.29 is 97.8 Å². The number of aromatic nitrogens is 2. The molecule has 90 heavy (non-hydrogen) atoms. The summed E-state index contributed by atoms with van der Waals surface area (Å²) in [5.41, 5.74) is -2.99. The van der Waals surface area contributed by atoms with Gasteiger partial charge in [0.05, 0.1) is 66.6 Å². The molecule has 0 spiro atoms. The second-order valence-electron chi connectivity index (χ2n) is 23.2. The smallest absolute Gasteiger partial charge is 0.422 e. The molecular formula is C64H72F8N4O13S. The van der Waals surface area contributed by atoms with E-state index in [-0.39, 0.29) is 106 Å². The Kier molecular flexibility index (Phi) is 21.5. The van der Waals surface area contributed by atoms with Gasteiger partial charge < -0.3 is 54.6 Å². The number of rotatable bonds is 24. The van der Waals surface area contributed by atoms with Gasteiger partial charge in [-0.15, -0.1) is 0 Å². The Balaban J connectivity index is 0.000000258. The van der Waals surface area contributed by atoms with E-state index in [1.165, 1.54) is 77.0 Å². The lowest BCUT2D eigenvalue weighted by molar-refractivity contribution is -0.270. The lowest BCUT2D eigenvalue weighted by atomic mass is 9.86. The number of carbonyl (C=O) groups excluding carboxylic acids is 2. The fourth-order valence-electron chi connectivity index (χ4n) is 10.3. The number of nitrogens with zero attached hydrogens (tertiary/aromatic N) is 2. The van der Waals surface area contributed by atoms with Gasteiger partial charge in [0, 0.05) is 70.6 Å². The maximum absolute atomic E-state index is 14.9. The van der Waals surface area contributed by atoms with Gasteiger partial charge in [-0.3, -0.25) is 9.59 Å². The summed E-state index contributed by atoms with van der Waals surface area (Å²) in [5, 5.41) is 41.2. The number of hydrogen-bond donors (Lipinski definition) is 6. The number of methoxy groups -OCH3 is 4. The highest BCUT2D eigenvalue weighted by Gasteiger charge is 2.58. The number of hydrogen-bond acceptors (Lipinski definition) is 16. The first-order chi connectivity index (χ1) is 42.1. The Morgan fingerprint density at radius 2 is 0.967 bits per heavy atom. The van der Waals surface area contributed by atoms with Crippen LogP contribution in [0.25, 0.3) is 22.5 Å². The summed E-state index contributed by atoms with van der Waals surface area (Å²) in [4.78, 5) is 35.0. The number of nitrogens with one attached hydrogen (secondary N) is 1. The average Bonchev–Trinajstić information content (AvgIpc) is 1.45. The highest BCUT2D eigenvalue weighted by Crippen LogP contribution is 2.51. The molecule has 17 nitrogen and oxygen atoms in total. The number of aliphatic hydroxyl groups is 4. The Hall–Kier alpha value is -7.33. The third kappa shape index (κ3) is 14.9. The van der Waals surface area contributed by atoms with E-state index in [0.717, 1.165) is 36.4 Å². The van der Waals surface area contributed by atoms with E-state index < -0.39 is 111 Å². The number of benzene rings is 4. The van der Waals surface area contributed by atoms with Gasteiger partial charge in [0.1, 0.15) is 59.2 Å². The zero-order valence-electron chi connectivity index (χ0n) is 50.9. The first-order valence-corrected chi connectivity index (χ1v) is 29.5. The van der Waals surface area contributed by atoms with E-state index in [2.05, 4.69) is 14.7 Å². The van der Waals surface area contributed by atoms with Gasteiger partial charge in [0.15, 0.2) is 23.1 Å². The number of ketones is 2. The summed E-state index contributed by atoms with van der Waals surface area (Å²) in [7, 11) is 3.82. The van der Waals surface area contributed by atoms with Crippen LogP contribution in [0.2, 0.25) is 0 Å². The van der Waals surface area contributed by atoms with Crippen LogP contribution in [-0.4, -0.2) is 118 Å². The fourth-order valence-corrected chi connectivity index (χ4v) is 11.1. The van der Waals surface area contributed by atoms with Crippen LogP contribution in [-0.2, 0) is 46.1 Å². The van der Waals surface area contributed by atoms with Crippen molar-refractivity contribution >= 4 is 22.6 Å². The zero-order valence-corrected chi connectivity index (χ0v) is 51.8. The van der Waals surface area contributed by atoms with Crippen LogP contribution in [0.1, 0.15) is 128 Å². The second kappa shape index (κ2) is 27.6. The number of Topliss-reactive ketones (excluding diaryl/α,β-unsaturated/α-hetero) is 2. The lowest BCUT2D eigenvalue weighted by Gasteiger charge is -2.32. The van der Waals surface area contributed by atoms with Crippen LogP contribution >= 0.6 is 0 Å². The molecule has 488 valence electrons. The summed E-state index contributed by atoms with van der Waals surface area (Å²) in [6.07, 6.45) is -12.6. The number of carbonyl (C=O) groups is 2. The molecule has 0 amide bonds. The van der Waals surface area contributed by atoms with E-state index in [1.807, 2.05) is 0 Å². The lowest BCUT2D eigenvalue weighted by Crippen LogP contribution is -2.47. The summed E-state index contributed by atoms with van der Waals surface area (Å²) >= 11 is 0. The minimum Gasteiger partial charge on any atom is -0.496 e. The molecule has 1 unspecified atom stereocenters. The van der Waals surface area contributed by atoms with Crippen LogP contribution < -0.4 is 38.9 Å². The van der Waals surface area contributed by atoms with Crippen molar-refractivity contribution in [3.63, 3.8) is 0 Å². The number of pyridine rings is 2. The van der Waals surface area contributed by atoms with Crippen LogP contribution in [0.3, 0.4) is 0 Å². The molecule has 8 rings (SSSR count). The molecule has 4 heterocycles. The summed E-state index contributed by atoms with van der Waals surface area (Å²) < 4.78 is 165. The van der Waals surface area contributed by atoms with Crippen molar-refractivity contribution in [2.24, 2.45) is 5.73 Å². The Labute approximate surface area is 517 Å². The van der Waals surface area contributed by atoms with E-state index in [0.29, 0.717) is 36.8 Å². The van der Waals surface area contributed by atoms with Gasteiger partial charge in [0.25, 0.3) is 0 Å². The molecule has 4 aromatic carbocycles. The topological polar surface area (TPSA) is 251 Å². The standard InChI is InChI=1S/C34H40F4N2O7S.C30H32F4N2O6/c1-31(2,3)48(44)40-32(4)19-47-30-24(32)18-28(39-29(30)20-9-11-22(35)12-10-20)33(43,34(36,37)38)14-13-25(42)21-16-26(45-5)23(8-7-15-41)27(17-21)46-6;1-28(35)16-42-27-21(28)15-25(36-26(27)17-6-8-19(31)9-7-17)29(39,30(32,33)34)11-10-22(38)18-13-23(40-2)20(5-4-12-37)24(14-18)41-3/h9-12,16-18,40-41,43H,7-8,13-15,19H2,1-6H3;6-9,13-15,37,39H,4-5,10-12,16,35H2,1-3H3/t32-,33-,48?;28-,29-/m11/s1. The van der Waals surface area contributed by atoms with E-state index in [1.54, 1.807) is 34.6 Å². The molecule has 6 aromatic rings. The van der Waals surface area contributed by atoms with Gasteiger partial charge in [-0.25, -0.2) is 27.7 Å². The molecule has 0 saturated heterocycles. The van der Waals surface area contributed by atoms with Crippen molar-refractivity contribution in [3.8, 4) is 57.0 Å². The van der Waals surface area contributed by atoms with Crippen LogP contribution in [0, 0.1) is 11.6 Å². The minimum absolute atomic E-state index is 0.00437. The van der Waals surface area contributed by atoms with Crippen molar-refractivity contribution in [2.75, 3.05) is 54.9 Å². The Morgan fingerprint density at radius 3 is 1.31 bits per heavy atom. The molecule has 5 atom stereocenters. The largest absolute Gasteiger partial charge is 0.496 e. The second-order valence-corrected chi connectivity index (χ2v) is 25.2. The molecule has 0 fully saturated rings. The van der Waals surface area contributed by atoms with Crippen LogP contribution in [0.4, 0.5) is 35.1 Å². The monoisotopic (exact) mass is 1290 g/mol. The molecule has 26 heteroatoms. The van der Waals surface area contributed by atoms with Gasteiger partial charge in [-0.2, -0.15) is 26.3 Å². The van der Waals surface area contributed by atoms with E-state index >= 15 is 0 Å². The fraction of sp³-hybridized carbons (Fsp3) is 0.438. The summed E-state index contributed by atoms with van der Waals surface area (Å²) in [5.74, 6) is -1.25. The number of nitrogens with two attached hydrogens (primary N) is 1. The number of alkyl halides is 6. The Morgan fingerprint density at radius 1 is 0.611 bits per heavy atom. The third-order valence-electron chi connectivity index (χ3n) is 15.5. The maximum Gasteiger partial charge on any atom is 0.422 e. The average molecular weight is 1290 g/mol. The summed E-state index contributed by atoms with van der Waals surface area (Å²) in [6.45, 7) is 8.01. The first kappa shape index (κ1) is 70.1. The number of aliphatic hydroxyl groups excluding tert-OH is 2. The molecule has 0 aliphatic carbocycles. The van der Waals surface area contributed by atoms with Gasteiger partial charge >= 0.3 is 12.4 Å². The highest BCUT2D eigenvalue weighted by molar-refractivity contribution is 7.84. The zero-order chi connectivity index (χ0) is 66.5. The van der Waals surface area contributed by atoms with Crippen LogP contribution in [0.15, 0.2) is 84.9 Å². The molecule has 2 aromatic heterocycles. The number of fused-ring (bicyclic) bond motifs is 2. The predicted octanol–water partition coefficient (Wildman–Crippen LogP) is 10.7. The molecule has 7 N–H and O–H groups in total. The molecule has 0 saturated carbocycles. The predicted molar refractivity (Wildman–Crippen MR) is 317 cm³/mol. The molecule has 0 radical (unpaired) electrons. The van der Waals surface area contributed by atoms with Crippen molar-refractivity contribution in [1.29, 1.82) is 0 Å². The maximum atomic E-state index is 14.9. The minimum atomic E-state index is -5.30. The molecule has 0 bridgehead atoms. The van der Waals surface area contributed by atoms with E-state index in [9.17, 15) is 69.3 Å². The van der Waals surface area contributed by atoms with Gasteiger partial charge in [-0.1, -0.05) is 0 Å². The van der Waals surface area contributed by atoms with Gasteiger partial charge in [0.2, 0.25) is 11.2 Å². The quantitative estimate of drug-likeness (QED) is 0.0243. The van der Waals surface area contributed by atoms with Crippen molar-refractivity contribution in [3.05, 3.63) is 141 Å². The van der Waals surface area contributed by atoms with Crippen molar-refractivity contribution in [2.45, 2.75) is 125 Å². The normalized spacial score (nSPS) is 17.9.